The molecule has 0 aliphatic carbocycles. The first kappa shape index (κ1) is 21.0. The quantitative estimate of drug-likeness (QED) is 0.308. The van der Waals surface area contributed by atoms with E-state index >= 15 is 0 Å². The topological polar surface area (TPSA) is 20.2 Å². The second kappa shape index (κ2) is 16.3. The smallest absolute Gasteiger partial charge is 0.0537 e. The summed E-state index contributed by atoms with van der Waals surface area (Å²) in [4.78, 5) is 0. The van der Waals surface area contributed by atoms with E-state index in [2.05, 4.69) is 13.8 Å². The summed E-state index contributed by atoms with van der Waals surface area (Å²) in [5, 5.41) is 9.42. The molecule has 0 rings (SSSR count). The van der Waals surface area contributed by atoms with E-state index in [-0.39, 0.29) is 6.10 Å². The van der Waals surface area contributed by atoms with E-state index in [1.807, 2.05) is 6.92 Å². The summed E-state index contributed by atoms with van der Waals surface area (Å²) in [6.45, 7) is 6.36. The number of rotatable bonds is 16. The van der Waals surface area contributed by atoms with Crippen LogP contribution in [-0.4, -0.2) is 11.2 Å². The zero-order valence-electron chi connectivity index (χ0n) is 15.2. The van der Waals surface area contributed by atoms with Crippen LogP contribution in [0.2, 0.25) is 0 Å². The van der Waals surface area contributed by atoms with E-state index in [9.17, 15) is 5.11 Å². The van der Waals surface area contributed by atoms with Crippen LogP contribution >= 0.6 is 0 Å². The van der Waals surface area contributed by atoms with Gasteiger partial charge in [0, 0.05) is 0 Å². The zero-order valence-corrected chi connectivity index (χ0v) is 15.2. The van der Waals surface area contributed by atoms with Gasteiger partial charge in [-0.25, -0.2) is 0 Å². The van der Waals surface area contributed by atoms with Crippen molar-refractivity contribution in [2.24, 2.45) is 5.92 Å². The number of aliphatic hydroxyl groups excluding tert-OH is 1. The maximum absolute atomic E-state index is 9.42. The molecule has 0 aromatic heterocycles. The third-order valence-corrected chi connectivity index (χ3v) is 4.84. The summed E-state index contributed by atoms with van der Waals surface area (Å²) < 4.78 is 0. The van der Waals surface area contributed by atoms with Gasteiger partial charge in [0.25, 0.3) is 0 Å². The molecule has 0 aromatic rings. The molecule has 1 unspecified atom stereocenters. The predicted molar refractivity (Wildman–Crippen MR) is 95.8 cm³/mol. The van der Waals surface area contributed by atoms with E-state index in [4.69, 9.17) is 0 Å². The molecule has 0 radical (unpaired) electrons. The van der Waals surface area contributed by atoms with Gasteiger partial charge >= 0.3 is 0 Å². The van der Waals surface area contributed by atoms with Crippen molar-refractivity contribution in [2.75, 3.05) is 0 Å². The van der Waals surface area contributed by atoms with Gasteiger partial charge in [-0.05, 0) is 19.3 Å². The number of hydrogen-bond acceptors (Lipinski definition) is 1. The second-order valence-corrected chi connectivity index (χ2v) is 7.10. The molecule has 1 N–H and O–H groups in total. The molecular formula is C20H42O. The van der Waals surface area contributed by atoms with Crippen LogP contribution in [0.15, 0.2) is 0 Å². The lowest BCUT2D eigenvalue weighted by Crippen LogP contribution is -2.12. The molecule has 21 heavy (non-hydrogen) atoms. The van der Waals surface area contributed by atoms with Crippen LogP contribution in [0.3, 0.4) is 0 Å². The Morgan fingerprint density at radius 2 is 0.905 bits per heavy atom. The van der Waals surface area contributed by atoms with Gasteiger partial charge in [0.1, 0.15) is 0 Å². The molecule has 0 heterocycles. The van der Waals surface area contributed by atoms with Crippen LogP contribution in [0.4, 0.5) is 0 Å². The summed E-state index contributed by atoms with van der Waals surface area (Å²) in [7, 11) is 0. The minimum atomic E-state index is -0.132. The van der Waals surface area contributed by atoms with Crippen molar-refractivity contribution in [3.63, 3.8) is 0 Å². The molecule has 2 atom stereocenters. The molecule has 0 amide bonds. The Balaban J connectivity index is 3.03. The molecule has 0 aromatic carbocycles. The fourth-order valence-electron chi connectivity index (χ4n) is 2.90. The Labute approximate surface area is 134 Å². The maximum atomic E-state index is 9.42. The van der Waals surface area contributed by atoms with Crippen LogP contribution in [0, 0.1) is 5.92 Å². The predicted octanol–water partition coefficient (Wildman–Crippen LogP) is 6.87. The van der Waals surface area contributed by atoms with Gasteiger partial charge in [-0.15, -0.1) is 0 Å². The molecular weight excluding hydrogens is 256 g/mol. The molecule has 0 aliphatic heterocycles. The van der Waals surface area contributed by atoms with Gasteiger partial charge in [0.15, 0.2) is 0 Å². The molecule has 0 spiro atoms. The van der Waals surface area contributed by atoms with Crippen LogP contribution in [-0.2, 0) is 0 Å². The summed E-state index contributed by atoms with van der Waals surface area (Å²) in [6, 6.07) is 0. The third kappa shape index (κ3) is 16.2. The first-order valence-corrected chi connectivity index (χ1v) is 9.86. The Bertz CT molecular complexity index is 188. The first-order valence-electron chi connectivity index (χ1n) is 9.86. The highest BCUT2D eigenvalue weighted by Gasteiger charge is 2.07. The highest BCUT2D eigenvalue weighted by Crippen LogP contribution is 2.16. The normalized spacial score (nSPS) is 14.3. The molecule has 0 fully saturated rings. The van der Waals surface area contributed by atoms with E-state index < -0.39 is 0 Å². The van der Waals surface area contributed by atoms with Gasteiger partial charge in [0.05, 0.1) is 6.10 Å². The molecule has 128 valence electrons. The summed E-state index contributed by atoms with van der Waals surface area (Å²) in [6.07, 6.45) is 20.9. The lowest BCUT2D eigenvalue weighted by Gasteiger charge is -2.13. The van der Waals surface area contributed by atoms with Gasteiger partial charge < -0.3 is 5.11 Å². The lowest BCUT2D eigenvalue weighted by molar-refractivity contribution is 0.128. The van der Waals surface area contributed by atoms with Crippen molar-refractivity contribution < 1.29 is 5.11 Å². The van der Waals surface area contributed by atoms with Crippen molar-refractivity contribution in [3.05, 3.63) is 0 Å². The van der Waals surface area contributed by atoms with Crippen molar-refractivity contribution in [1.82, 2.24) is 0 Å². The average Bonchev–Trinajstić information content (AvgIpc) is 2.47. The van der Waals surface area contributed by atoms with Crippen molar-refractivity contribution in [2.45, 2.75) is 123 Å². The van der Waals surface area contributed by atoms with Crippen LogP contribution in [0.25, 0.3) is 0 Å². The van der Waals surface area contributed by atoms with Crippen molar-refractivity contribution in [1.29, 1.82) is 0 Å². The SMILES string of the molecule is CCCCCCCCCCCCCCCCC(C)[C@H](C)O. The van der Waals surface area contributed by atoms with Gasteiger partial charge in [-0.2, -0.15) is 0 Å². The van der Waals surface area contributed by atoms with Crippen molar-refractivity contribution >= 4 is 0 Å². The zero-order chi connectivity index (χ0) is 15.8. The van der Waals surface area contributed by atoms with E-state index in [0.29, 0.717) is 5.92 Å². The highest BCUT2D eigenvalue weighted by molar-refractivity contribution is 4.59. The monoisotopic (exact) mass is 298 g/mol. The fraction of sp³-hybridized carbons (Fsp3) is 1.00. The molecule has 0 bridgehead atoms. The molecule has 0 aliphatic rings. The van der Waals surface area contributed by atoms with Crippen LogP contribution in [0.1, 0.15) is 117 Å². The molecule has 1 nitrogen and oxygen atoms in total. The fourth-order valence-corrected chi connectivity index (χ4v) is 2.90. The molecule has 0 saturated carbocycles. The number of unbranched alkanes of at least 4 members (excludes halogenated alkanes) is 13. The Morgan fingerprint density at radius 1 is 0.571 bits per heavy atom. The van der Waals surface area contributed by atoms with Crippen molar-refractivity contribution in [3.8, 4) is 0 Å². The Morgan fingerprint density at radius 3 is 1.24 bits per heavy atom. The maximum Gasteiger partial charge on any atom is 0.0537 e. The lowest BCUT2D eigenvalue weighted by atomic mass is 9.97. The largest absolute Gasteiger partial charge is 0.393 e. The standard InChI is InChI=1S/C20H42O/c1-4-5-6-7-8-9-10-11-12-13-14-15-16-17-18-19(2)20(3)21/h19-21H,4-18H2,1-3H3/t19?,20-/m0/s1. The second-order valence-electron chi connectivity index (χ2n) is 7.10. The van der Waals surface area contributed by atoms with E-state index in [1.54, 1.807) is 0 Å². The third-order valence-electron chi connectivity index (χ3n) is 4.84. The summed E-state index contributed by atoms with van der Waals surface area (Å²) >= 11 is 0. The van der Waals surface area contributed by atoms with Crippen LogP contribution < -0.4 is 0 Å². The summed E-state index contributed by atoms with van der Waals surface area (Å²) in [5.74, 6) is 0.474. The number of aliphatic hydroxyl groups is 1. The van der Waals surface area contributed by atoms with Gasteiger partial charge in [0.2, 0.25) is 0 Å². The number of hydrogen-bond donors (Lipinski definition) is 1. The van der Waals surface area contributed by atoms with Gasteiger partial charge in [-0.3, -0.25) is 0 Å². The Kier molecular flexibility index (Phi) is 16.3. The average molecular weight is 299 g/mol. The van der Waals surface area contributed by atoms with Gasteiger partial charge in [-0.1, -0.05) is 104 Å². The van der Waals surface area contributed by atoms with E-state index in [1.165, 1.54) is 96.3 Å². The summed E-state index contributed by atoms with van der Waals surface area (Å²) in [5.41, 5.74) is 0. The van der Waals surface area contributed by atoms with E-state index in [0.717, 1.165) is 0 Å². The molecule has 1 heteroatoms. The Hall–Kier alpha value is -0.0400. The minimum absolute atomic E-state index is 0.132. The highest BCUT2D eigenvalue weighted by atomic mass is 16.3. The first-order chi connectivity index (χ1) is 10.2. The van der Waals surface area contributed by atoms with Crippen LogP contribution in [0.5, 0.6) is 0 Å². The minimum Gasteiger partial charge on any atom is -0.393 e. The molecule has 0 saturated heterocycles.